The van der Waals surface area contributed by atoms with Crippen LogP contribution >= 0.6 is 0 Å². The van der Waals surface area contributed by atoms with Crippen LogP contribution in [0.15, 0.2) is 6.20 Å². The Hall–Kier alpha value is -1.66. The molecule has 0 atom stereocenters. The molecule has 0 unspecified atom stereocenters. The van der Waals surface area contributed by atoms with E-state index in [0.29, 0.717) is 0 Å². The van der Waals surface area contributed by atoms with Crippen LogP contribution in [0.5, 0.6) is 0 Å². The molecule has 0 aromatic carbocycles. The largest absolute Gasteiger partial charge is 0.383 e. The molecule has 15 heavy (non-hydrogen) atoms. The van der Waals surface area contributed by atoms with E-state index in [1.54, 1.807) is 7.05 Å². The summed E-state index contributed by atoms with van der Waals surface area (Å²) in [7, 11) is 2.86. The van der Waals surface area contributed by atoms with Crippen LogP contribution in [0.2, 0.25) is 0 Å². The average molecular weight is 218 g/mol. The van der Waals surface area contributed by atoms with Gasteiger partial charge in [-0.2, -0.15) is 5.10 Å². The van der Waals surface area contributed by atoms with Crippen LogP contribution in [0.25, 0.3) is 0 Å². The first-order chi connectivity index (χ1) is 6.93. The number of nitrogens with zero attached hydrogens (tertiary/aromatic N) is 3. The van der Waals surface area contributed by atoms with E-state index in [9.17, 15) is 13.6 Å². The van der Waals surface area contributed by atoms with Crippen LogP contribution in [0.4, 0.5) is 14.6 Å². The van der Waals surface area contributed by atoms with Gasteiger partial charge in [-0.15, -0.1) is 0 Å². The fourth-order valence-electron chi connectivity index (χ4n) is 1.11. The third-order valence-electron chi connectivity index (χ3n) is 1.97. The predicted molar refractivity (Wildman–Crippen MR) is 50.6 cm³/mol. The number of halogens is 2. The van der Waals surface area contributed by atoms with Gasteiger partial charge in [-0.05, 0) is 0 Å². The van der Waals surface area contributed by atoms with Gasteiger partial charge in [0, 0.05) is 14.1 Å². The number of hydrogen-bond donors (Lipinski definition) is 1. The van der Waals surface area contributed by atoms with Gasteiger partial charge in [0.15, 0.2) is 0 Å². The standard InChI is InChI=1S/C8H12F2N4O/c1-13(4-6(9)10)8(15)5-3-12-14(2)7(5)11/h3,6H,4,11H2,1-2H3. The highest BCUT2D eigenvalue weighted by atomic mass is 19.3. The van der Waals surface area contributed by atoms with Gasteiger partial charge >= 0.3 is 0 Å². The molecule has 0 aliphatic rings. The summed E-state index contributed by atoms with van der Waals surface area (Å²) in [5, 5.41) is 3.76. The Morgan fingerprint density at radius 3 is 2.73 bits per heavy atom. The maximum atomic E-state index is 12.0. The second kappa shape index (κ2) is 4.24. The molecule has 2 N–H and O–H groups in total. The van der Waals surface area contributed by atoms with Gasteiger partial charge in [0.2, 0.25) is 0 Å². The molecular weight excluding hydrogens is 206 g/mol. The summed E-state index contributed by atoms with van der Waals surface area (Å²) in [6.45, 7) is -0.618. The molecule has 1 aromatic rings. The van der Waals surface area contributed by atoms with Crippen LogP contribution in [0, 0.1) is 0 Å². The van der Waals surface area contributed by atoms with E-state index in [1.165, 1.54) is 17.9 Å². The SMILES string of the molecule is CN(CC(F)F)C(=O)c1cnn(C)c1N. The van der Waals surface area contributed by atoms with E-state index in [4.69, 9.17) is 5.73 Å². The van der Waals surface area contributed by atoms with Crippen LogP contribution in [0.1, 0.15) is 10.4 Å². The minimum atomic E-state index is -2.56. The van der Waals surface area contributed by atoms with Gasteiger partial charge in [0.1, 0.15) is 11.4 Å². The van der Waals surface area contributed by atoms with Gasteiger partial charge in [0.05, 0.1) is 12.7 Å². The smallest absolute Gasteiger partial charge is 0.259 e. The molecule has 1 amide bonds. The number of amides is 1. The van der Waals surface area contributed by atoms with Gasteiger partial charge in [0.25, 0.3) is 12.3 Å². The third-order valence-corrected chi connectivity index (χ3v) is 1.97. The Balaban J connectivity index is 2.81. The topological polar surface area (TPSA) is 64.2 Å². The van der Waals surface area contributed by atoms with Crippen LogP contribution < -0.4 is 5.73 Å². The molecule has 1 aromatic heterocycles. The lowest BCUT2D eigenvalue weighted by atomic mass is 10.3. The highest BCUT2D eigenvalue weighted by Gasteiger charge is 2.20. The lowest BCUT2D eigenvalue weighted by Gasteiger charge is -2.15. The fraction of sp³-hybridized carbons (Fsp3) is 0.500. The average Bonchev–Trinajstić information content (AvgIpc) is 2.45. The Morgan fingerprint density at radius 2 is 2.33 bits per heavy atom. The molecule has 7 heteroatoms. The zero-order chi connectivity index (χ0) is 11.6. The summed E-state index contributed by atoms with van der Waals surface area (Å²) >= 11 is 0. The van der Waals surface area contributed by atoms with E-state index in [0.717, 1.165) is 4.90 Å². The van der Waals surface area contributed by atoms with Crippen molar-refractivity contribution in [3.05, 3.63) is 11.8 Å². The molecule has 0 radical (unpaired) electrons. The van der Waals surface area contributed by atoms with Gasteiger partial charge in [-0.25, -0.2) is 8.78 Å². The summed E-state index contributed by atoms with van der Waals surface area (Å²) in [6.07, 6.45) is -1.29. The first-order valence-corrected chi connectivity index (χ1v) is 4.24. The molecule has 0 fully saturated rings. The fourth-order valence-corrected chi connectivity index (χ4v) is 1.11. The first-order valence-electron chi connectivity index (χ1n) is 4.24. The first kappa shape index (κ1) is 11.4. The predicted octanol–water partition coefficient (Wildman–Crippen LogP) is 0.339. The summed E-state index contributed by atoms with van der Waals surface area (Å²) in [4.78, 5) is 12.5. The van der Waals surface area contributed by atoms with Crippen molar-refractivity contribution < 1.29 is 13.6 Å². The molecular formula is C8H12F2N4O. The highest BCUT2D eigenvalue weighted by molar-refractivity contribution is 5.98. The maximum Gasteiger partial charge on any atom is 0.259 e. The van der Waals surface area contributed by atoms with Crippen LogP contribution in [-0.2, 0) is 7.05 Å². The molecule has 5 nitrogen and oxygen atoms in total. The Bertz CT molecular complexity index is 364. The quantitative estimate of drug-likeness (QED) is 0.795. The summed E-state index contributed by atoms with van der Waals surface area (Å²) in [6, 6.07) is 0. The van der Waals surface area contributed by atoms with Crippen molar-refractivity contribution >= 4 is 11.7 Å². The van der Waals surface area contributed by atoms with Crippen molar-refractivity contribution in [3.63, 3.8) is 0 Å². The van der Waals surface area contributed by atoms with E-state index < -0.39 is 18.9 Å². The number of carbonyl (C=O) groups excluding carboxylic acids is 1. The molecule has 0 aliphatic heterocycles. The zero-order valence-corrected chi connectivity index (χ0v) is 8.44. The minimum absolute atomic E-state index is 0.139. The van der Waals surface area contributed by atoms with Crippen molar-refractivity contribution in [1.82, 2.24) is 14.7 Å². The van der Waals surface area contributed by atoms with Crippen LogP contribution in [-0.4, -0.2) is 40.6 Å². The Morgan fingerprint density at radius 1 is 1.73 bits per heavy atom. The zero-order valence-electron chi connectivity index (χ0n) is 8.44. The van der Waals surface area contributed by atoms with Gasteiger partial charge < -0.3 is 10.6 Å². The summed E-state index contributed by atoms with van der Waals surface area (Å²) < 4.78 is 25.4. The minimum Gasteiger partial charge on any atom is -0.383 e. The molecule has 0 bridgehead atoms. The number of aromatic nitrogens is 2. The lowest BCUT2D eigenvalue weighted by molar-refractivity contribution is 0.0621. The summed E-state index contributed by atoms with van der Waals surface area (Å²) in [5.74, 6) is -0.387. The third kappa shape index (κ3) is 2.42. The number of nitrogen functional groups attached to an aromatic ring is 1. The van der Waals surface area contributed by atoms with E-state index in [-0.39, 0.29) is 11.4 Å². The van der Waals surface area contributed by atoms with E-state index in [1.807, 2.05) is 0 Å². The molecule has 0 saturated heterocycles. The molecule has 1 rings (SSSR count). The number of nitrogens with two attached hydrogens (primary N) is 1. The number of carbonyl (C=O) groups is 1. The van der Waals surface area contributed by atoms with Crippen LogP contribution in [0.3, 0.4) is 0 Å². The van der Waals surface area contributed by atoms with Crippen molar-refractivity contribution in [1.29, 1.82) is 0 Å². The van der Waals surface area contributed by atoms with Crippen molar-refractivity contribution in [2.45, 2.75) is 6.43 Å². The molecule has 1 heterocycles. The van der Waals surface area contributed by atoms with Gasteiger partial charge in [-0.1, -0.05) is 0 Å². The number of anilines is 1. The van der Waals surface area contributed by atoms with E-state index >= 15 is 0 Å². The van der Waals surface area contributed by atoms with Gasteiger partial charge in [-0.3, -0.25) is 9.48 Å². The van der Waals surface area contributed by atoms with Crippen molar-refractivity contribution in [2.75, 3.05) is 19.3 Å². The second-order valence-corrected chi connectivity index (χ2v) is 3.14. The maximum absolute atomic E-state index is 12.0. The second-order valence-electron chi connectivity index (χ2n) is 3.14. The molecule has 0 saturated carbocycles. The van der Waals surface area contributed by atoms with Crippen molar-refractivity contribution in [2.24, 2.45) is 7.05 Å². The number of rotatable bonds is 3. The van der Waals surface area contributed by atoms with Crippen molar-refractivity contribution in [3.8, 4) is 0 Å². The number of aryl methyl sites for hydroxylation is 1. The summed E-state index contributed by atoms with van der Waals surface area (Å²) in [5.41, 5.74) is 5.68. The highest BCUT2D eigenvalue weighted by Crippen LogP contribution is 2.12. The Labute approximate surface area is 85.5 Å². The molecule has 0 spiro atoms. The molecule has 84 valence electrons. The normalized spacial score (nSPS) is 10.7. The number of alkyl halides is 2. The monoisotopic (exact) mass is 218 g/mol. The lowest BCUT2D eigenvalue weighted by Crippen LogP contribution is -2.31. The molecule has 0 aliphatic carbocycles. The Kier molecular flexibility index (Phi) is 3.23. The number of hydrogen-bond acceptors (Lipinski definition) is 3. The van der Waals surface area contributed by atoms with E-state index in [2.05, 4.69) is 5.10 Å².